The van der Waals surface area contributed by atoms with E-state index in [-0.39, 0.29) is 5.91 Å². The molecule has 0 fully saturated rings. The Morgan fingerprint density at radius 2 is 1.96 bits per heavy atom. The Hall–Kier alpha value is -2.80. The van der Waals surface area contributed by atoms with E-state index in [0.29, 0.717) is 35.9 Å². The molecule has 1 aromatic carbocycles. The van der Waals surface area contributed by atoms with Gasteiger partial charge in [0, 0.05) is 25.9 Å². The maximum Gasteiger partial charge on any atom is 0.253 e. The van der Waals surface area contributed by atoms with E-state index in [2.05, 4.69) is 15.6 Å². The highest BCUT2D eigenvalue weighted by Gasteiger charge is 2.09. The largest absolute Gasteiger partial charge is 0.497 e. The molecule has 128 valence electrons. The highest BCUT2D eigenvalue weighted by atomic mass is 16.5. The molecule has 0 saturated heterocycles. The summed E-state index contributed by atoms with van der Waals surface area (Å²) in [5.74, 6) is 1.12. The predicted octanol–water partition coefficient (Wildman–Crippen LogP) is 2.22. The van der Waals surface area contributed by atoms with Crippen LogP contribution in [0.1, 0.15) is 10.4 Å². The number of benzene rings is 1. The Labute approximate surface area is 140 Å². The molecule has 0 aliphatic rings. The second-order valence-corrected chi connectivity index (χ2v) is 4.90. The standard InChI is InChI=1S/C17H21N3O4/c1-22-7-6-19-17(21)12-8-13(11-18-10-12)20-15-5-4-14(23-2)9-16(15)24-3/h4-5,8-11,20H,6-7H2,1-3H3,(H,19,21). The van der Waals surface area contributed by atoms with Crippen molar-refractivity contribution < 1.29 is 19.0 Å². The van der Waals surface area contributed by atoms with Crippen LogP contribution in [0.15, 0.2) is 36.7 Å². The van der Waals surface area contributed by atoms with Crippen molar-refractivity contribution in [3.8, 4) is 11.5 Å². The van der Waals surface area contributed by atoms with Crippen LogP contribution in [0.4, 0.5) is 11.4 Å². The quantitative estimate of drug-likeness (QED) is 0.722. The lowest BCUT2D eigenvalue weighted by Gasteiger charge is -2.13. The van der Waals surface area contributed by atoms with Crippen LogP contribution in [-0.2, 0) is 4.74 Å². The fraction of sp³-hybridized carbons (Fsp3) is 0.294. The van der Waals surface area contributed by atoms with Gasteiger partial charge in [-0.15, -0.1) is 0 Å². The fourth-order valence-corrected chi connectivity index (χ4v) is 2.06. The number of rotatable bonds is 8. The molecular weight excluding hydrogens is 310 g/mol. The van der Waals surface area contributed by atoms with Gasteiger partial charge in [0.1, 0.15) is 11.5 Å². The van der Waals surface area contributed by atoms with Gasteiger partial charge in [-0.2, -0.15) is 0 Å². The number of nitrogens with one attached hydrogen (secondary N) is 2. The third-order valence-corrected chi connectivity index (χ3v) is 3.28. The zero-order valence-electron chi connectivity index (χ0n) is 14.0. The van der Waals surface area contributed by atoms with Gasteiger partial charge in [-0.05, 0) is 18.2 Å². The maximum absolute atomic E-state index is 12.1. The van der Waals surface area contributed by atoms with Crippen molar-refractivity contribution in [2.45, 2.75) is 0 Å². The van der Waals surface area contributed by atoms with Gasteiger partial charge in [0.25, 0.3) is 5.91 Å². The van der Waals surface area contributed by atoms with Gasteiger partial charge in [-0.1, -0.05) is 0 Å². The molecule has 0 unspecified atom stereocenters. The van der Waals surface area contributed by atoms with Crippen molar-refractivity contribution in [3.63, 3.8) is 0 Å². The van der Waals surface area contributed by atoms with Crippen molar-refractivity contribution in [2.24, 2.45) is 0 Å². The van der Waals surface area contributed by atoms with E-state index in [1.165, 1.54) is 6.20 Å². The second kappa shape index (κ2) is 8.73. The topological polar surface area (TPSA) is 81.7 Å². The van der Waals surface area contributed by atoms with Gasteiger partial charge in [-0.3, -0.25) is 9.78 Å². The monoisotopic (exact) mass is 331 g/mol. The average molecular weight is 331 g/mol. The minimum Gasteiger partial charge on any atom is -0.497 e. The summed E-state index contributed by atoms with van der Waals surface area (Å²) in [6, 6.07) is 7.15. The van der Waals surface area contributed by atoms with Crippen LogP contribution in [0.5, 0.6) is 11.5 Å². The molecule has 2 rings (SSSR count). The predicted molar refractivity (Wildman–Crippen MR) is 91.3 cm³/mol. The van der Waals surface area contributed by atoms with Crippen molar-refractivity contribution in [2.75, 3.05) is 39.8 Å². The molecule has 0 spiro atoms. The van der Waals surface area contributed by atoms with Crippen molar-refractivity contribution in [1.82, 2.24) is 10.3 Å². The lowest BCUT2D eigenvalue weighted by molar-refractivity contribution is 0.0937. The van der Waals surface area contributed by atoms with Crippen LogP contribution in [-0.4, -0.2) is 45.4 Å². The first-order chi connectivity index (χ1) is 11.7. The third-order valence-electron chi connectivity index (χ3n) is 3.28. The van der Waals surface area contributed by atoms with E-state index in [1.54, 1.807) is 39.7 Å². The van der Waals surface area contributed by atoms with Gasteiger partial charge < -0.3 is 24.8 Å². The molecule has 0 atom stereocenters. The van der Waals surface area contributed by atoms with Crippen LogP contribution in [0.25, 0.3) is 0 Å². The van der Waals surface area contributed by atoms with Gasteiger partial charge in [0.2, 0.25) is 0 Å². The molecule has 24 heavy (non-hydrogen) atoms. The number of hydrogen-bond donors (Lipinski definition) is 2. The summed E-state index contributed by atoms with van der Waals surface area (Å²) in [4.78, 5) is 16.2. The van der Waals surface area contributed by atoms with Crippen LogP contribution in [0.2, 0.25) is 0 Å². The zero-order valence-corrected chi connectivity index (χ0v) is 14.0. The summed E-state index contributed by atoms with van der Waals surface area (Å²) in [6.07, 6.45) is 3.15. The Bertz CT molecular complexity index is 691. The van der Waals surface area contributed by atoms with Crippen LogP contribution in [0, 0.1) is 0 Å². The molecule has 0 bridgehead atoms. The molecule has 7 nitrogen and oxygen atoms in total. The molecule has 2 N–H and O–H groups in total. The normalized spacial score (nSPS) is 10.1. The Morgan fingerprint density at radius 3 is 2.67 bits per heavy atom. The lowest BCUT2D eigenvalue weighted by Crippen LogP contribution is -2.27. The average Bonchev–Trinajstić information content (AvgIpc) is 2.62. The van der Waals surface area contributed by atoms with Crippen LogP contribution < -0.4 is 20.1 Å². The van der Waals surface area contributed by atoms with Gasteiger partial charge in [-0.25, -0.2) is 0 Å². The molecule has 0 aliphatic carbocycles. The van der Waals surface area contributed by atoms with E-state index < -0.39 is 0 Å². The molecule has 0 saturated carbocycles. The number of aromatic nitrogens is 1. The van der Waals surface area contributed by atoms with Crippen LogP contribution in [0.3, 0.4) is 0 Å². The second-order valence-electron chi connectivity index (χ2n) is 4.90. The highest BCUT2D eigenvalue weighted by molar-refractivity contribution is 5.94. The number of amides is 1. The Morgan fingerprint density at radius 1 is 1.12 bits per heavy atom. The lowest BCUT2D eigenvalue weighted by atomic mass is 10.2. The molecule has 1 aromatic heterocycles. The number of carbonyl (C=O) groups excluding carboxylic acids is 1. The summed E-state index contributed by atoms with van der Waals surface area (Å²) in [5, 5.41) is 5.95. The van der Waals surface area contributed by atoms with E-state index >= 15 is 0 Å². The Balaban J connectivity index is 2.13. The Kier molecular flexibility index (Phi) is 6.39. The number of hydrogen-bond acceptors (Lipinski definition) is 6. The summed E-state index contributed by atoms with van der Waals surface area (Å²) in [6.45, 7) is 0.902. The molecule has 0 radical (unpaired) electrons. The smallest absolute Gasteiger partial charge is 0.253 e. The number of methoxy groups -OCH3 is 3. The molecule has 1 amide bonds. The van der Waals surface area contributed by atoms with E-state index in [1.807, 2.05) is 12.1 Å². The van der Waals surface area contributed by atoms with Crippen molar-refractivity contribution in [3.05, 3.63) is 42.2 Å². The minimum absolute atomic E-state index is 0.204. The molecule has 2 aromatic rings. The first-order valence-electron chi connectivity index (χ1n) is 7.39. The minimum atomic E-state index is -0.204. The van der Waals surface area contributed by atoms with Crippen molar-refractivity contribution >= 4 is 17.3 Å². The first kappa shape index (κ1) is 17.6. The van der Waals surface area contributed by atoms with Gasteiger partial charge in [0.15, 0.2) is 0 Å². The highest BCUT2D eigenvalue weighted by Crippen LogP contribution is 2.31. The van der Waals surface area contributed by atoms with E-state index in [9.17, 15) is 4.79 Å². The molecular formula is C17H21N3O4. The first-order valence-corrected chi connectivity index (χ1v) is 7.39. The third kappa shape index (κ3) is 4.60. The summed E-state index contributed by atoms with van der Waals surface area (Å²) >= 11 is 0. The van der Waals surface area contributed by atoms with Crippen LogP contribution >= 0.6 is 0 Å². The zero-order chi connectivity index (χ0) is 17.4. The SMILES string of the molecule is COCCNC(=O)c1cncc(Nc2ccc(OC)cc2OC)c1. The molecule has 0 aliphatic heterocycles. The number of pyridine rings is 1. The van der Waals surface area contributed by atoms with E-state index in [4.69, 9.17) is 14.2 Å². The molecule has 7 heteroatoms. The summed E-state index contributed by atoms with van der Waals surface area (Å²) < 4.78 is 15.4. The summed E-state index contributed by atoms with van der Waals surface area (Å²) in [5.41, 5.74) is 1.89. The number of carbonyl (C=O) groups is 1. The van der Waals surface area contributed by atoms with Gasteiger partial charge >= 0.3 is 0 Å². The van der Waals surface area contributed by atoms with Crippen molar-refractivity contribution in [1.29, 1.82) is 0 Å². The molecule has 1 heterocycles. The number of ether oxygens (including phenoxy) is 3. The number of anilines is 2. The summed E-state index contributed by atoms with van der Waals surface area (Å²) in [7, 11) is 4.76. The van der Waals surface area contributed by atoms with Gasteiger partial charge in [0.05, 0.1) is 44.0 Å². The maximum atomic E-state index is 12.1. The van der Waals surface area contributed by atoms with E-state index in [0.717, 1.165) is 5.69 Å². The number of nitrogens with zero attached hydrogens (tertiary/aromatic N) is 1. The fourth-order valence-electron chi connectivity index (χ4n) is 2.06.